The summed E-state index contributed by atoms with van der Waals surface area (Å²) in [4.78, 5) is 26.2. The minimum absolute atomic E-state index is 0.0990. The van der Waals surface area contributed by atoms with Crippen LogP contribution in [-0.2, 0) is 13.5 Å². The summed E-state index contributed by atoms with van der Waals surface area (Å²) < 4.78 is 3.25. The van der Waals surface area contributed by atoms with Crippen molar-refractivity contribution < 1.29 is 4.79 Å². The van der Waals surface area contributed by atoms with Crippen LogP contribution < -0.4 is 5.32 Å². The average Bonchev–Trinajstić information content (AvgIpc) is 3.41. The van der Waals surface area contributed by atoms with Crippen molar-refractivity contribution in [3.05, 3.63) is 83.9 Å². The fraction of sp³-hybridized carbons (Fsp3) is 0.0870. The van der Waals surface area contributed by atoms with E-state index in [4.69, 9.17) is 11.6 Å². The van der Waals surface area contributed by atoms with E-state index in [1.54, 1.807) is 40.1 Å². The van der Waals surface area contributed by atoms with Gasteiger partial charge in [0, 0.05) is 47.7 Å². The molecule has 0 saturated carbocycles. The SMILES string of the molecule is Cn1nccc1Nc1nccc(-c2cnc3c(ccn3C(=O)Cc3ccccc3Cl)c2)n1. The standard InChI is InChI=1S/C23H18ClN7O/c1-30-20(7-10-27-30)29-23-25-9-6-19(28-23)17-12-16-8-11-31(22(16)26-14-17)21(32)13-15-4-2-3-5-18(15)24/h2-12,14H,13H2,1H3,(H,25,28,29). The fourth-order valence-electron chi connectivity index (χ4n) is 3.45. The van der Waals surface area contributed by atoms with Crippen LogP contribution in [-0.4, -0.2) is 35.2 Å². The van der Waals surface area contributed by atoms with E-state index >= 15 is 0 Å². The number of hydrogen-bond donors (Lipinski definition) is 1. The number of hydrogen-bond acceptors (Lipinski definition) is 6. The van der Waals surface area contributed by atoms with Crippen molar-refractivity contribution in [1.29, 1.82) is 0 Å². The molecule has 0 aliphatic carbocycles. The van der Waals surface area contributed by atoms with Crippen molar-refractivity contribution in [3.8, 4) is 11.3 Å². The van der Waals surface area contributed by atoms with Gasteiger partial charge in [-0.2, -0.15) is 5.10 Å². The lowest BCUT2D eigenvalue weighted by Gasteiger charge is -2.08. The maximum Gasteiger partial charge on any atom is 0.236 e. The Morgan fingerprint density at radius 3 is 2.78 bits per heavy atom. The third kappa shape index (κ3) is 3.83. The first kappa shape index (κ1) is 19.9. The van der Waals surface area contributed by atoms with E-state index in [2.05, 4.69) is 25.4 Å². The smallest absolute Gasteiger partial charge is 0.236 e. The molecule has 5 aromatic rings. The maximum absolute atomic E-state index is 12.8. The third-order valence-corrected chi connectivity index (χ3v) is 5.48. The molecular weight excluding hydrogens is 426 g/mol. The molecule has 1 aromatic carbocycles. The fourth-order valence-corrected chi connectivity index (χ4v) is 3.65. The maximum atomic E-state index is 12.8. The average molecular weight is 444 g/mol. The van der Waals surface area contributed by atoms with Gasteiger partial charge in [0.25, 0.3) is 0 Å². The van der Waals surface area contributed by atoms with Gasteiger partial charge in [-0.25, -0.2) is 15.0 Å². The Labute approximate surface area is 188 Å². The molecule has 0 saturated heterocycles. The van der Waals surface area contributed by atoms with E-state index in [1.165, 1.54) is 0 Å². The second-order valence-electron chi connectivity index (χ2n) is 7.22. The molecule has 9 heteroatoms. The van der Waals surface area contributed by atoms with Gasteiger partial charge in [-0.1, -0.05) is 29.8 Å². The number of aromatic nitrogens is 6. The highest BCUT2D eigenvalue weighted by Crippen LogP contribution is 2.24. The number of benzene rings is 1. The highest BCUT2D eigenvalue weighted by atomic mass is 35.5. The van der Waals surface area contributed by atoms with Crippen molar-refractivity contribution in [2.75, 3.05) is 5.32 Å². The lowest BCUT2D eigenvalue weighted by molar-refractivity contribution is 0.0919. The summed E-state index contributed by atoms with van der Waals surface area (Å²) in [6.45, 7) is 0. The first-order valence-corrected chi connectivity index (χ1v) is 10.3. The summed E-state index contributed by atoms with van der Waals surface area (Å²) in [6, 6.07) is 14.8. The molecule has 4 heterocycles. The lowest BCUT2D eigenvalue weighted by Crippen LogP contribution is -2.13. The van der Waals surface area contributed by atoms with Gasteiger partial charge in [0.15, 0.2) is 0 Å². The molecular formula is C23H18ClN7O. The Bertz CT molecular complexity index is 1440. The molecule has 158 valence electrons. The predicted molar refractivity (Wildman–Crippen MR) is 123 cm³/mol. The van der Waals surface area contributed by atoms with Crippen LogP contribution in [0.2, 0.25) is 5.02 Å². The van der Waals surface area contributed by atoms with E-state index in [1.807, 2.05) is 49.5 Å². The number of carbonyl (C=O) groups excluding carboxylic acids is 1. The van der Waals surface area contributed by atoms with Gasteiger partial charge in [-0.05, 0) is 29.8 Å². The summed E-state index contributed by atoms with van der Waals surface area (Å²) in [5.74, 6) is 1.14. The van der Waals surface area contributed by atoms with Gasteiger partial charge in [0.05, 0.1) is 18.3 Å². The molecule has 0 bridgehead atoms. The number of pyridine rings is 1. The highest BCUT2D eigenvalue weighted by Gasteiger charge is 2.14. The summed E-state index contributed by atoms with van der Waals surface area (Å²) in [6.07, 6.45) is 7.01. The van der Waals surface area contributed by atoms with Crippen LogP contribution in [0, 0.1) is 0 Å². The first-order chi connectivity index (χ1) is 15.6. The van der Waals surface area contributed by atoms with Crippen LogP contribution in [0.25, 0.3) is 22.3 Å². The van der Waals surface area contributed by atoms with Gasteiger partial charge in [0.1, 0.15) is 11.5 Å². The molecule has 0 spiro atoms. The van der Waals surface area contributed by atoms with Crippen molar-refractivity contribution in [1.82, 2.24) is 29.3 Å². The number of nitrogens with zero attached hydrogens (tertiary/aromatic N) is 6. The normalized spacial score (nSPS) is 11.1. The molecule has 0 fully saturated rings. The van der Waals surface area contributed by atoms with Gasteiger partial charge in [-0.15, -0.1) is 0 Å². The van der Waals surface area contributed by atoms with E-state index < -0.39 is 0 Å². The van der Waals surface area contributed by atoms with Crippen LogP contribution in [0.4, 0.5) is 11.8 Å². The summed E-state index contributed by atoms with van der Waals surface area (Å²) in [7, 11) is 1.84. The van der Waals surface area contributed by atoms with Gasteiger partial charge in [0.2, 0.25) is 11.9 Å². The zero-order chi connectivity index (χ0) is 22.1. The Hall–Kier alpha value is -4.04. The van der Waals surface area contributed by atoms with Crippen LogP contribution in [0.3, 0.4) is 0 Å². The molecule has 0 amide bonds. The topological polar surface area (TPSA) is 90.5 Å². The number of fused-ring (bicyclic) bond motifs is 1. The van der Waals surface area contributed by atoms with Crippen molar-refractivity contribution >= 4 is 40.3 Å². The number of aryl methyl sites for hydroxylation is 1. The summed E-state index contributed by atoms with van der Waals surface area (Å²) >= 11 is 6.20. The molecule has 8 nitrogen and oxygen atoms in total. The monoisotopic (exact) mass is 443 g/mol. The minimum atomic E-state index is -0.0990. The Kier molecular flexibility index (Phi) is 5.12. The zero-order valence-corrected chi connectivity index (χ0v) is 17.9. The third-order valence-electron chi connectivity index (χ3n) is 5.11. The van der Waals surface area contributed by atoms with E-state index in [9.17, 15) is 4.79 Å². The number of rotatable bonds is 5. The minimum Gasteiger partial charge on any atom is -0.309 e. The largest absolute Gasteiger partial charge is 0.309 e. The van der Waals surface area contributed by atoms with Crippen molar-refractivity contribution in [2.24, 2.45) is 7.05 Å². The molecule has 0 unspecified atom stereocenters. The number of halogens is 1. The molecule has 1 N–H and O–H groups in total. The molecule has 5 rings (SSSR count). The molecule has 32 heavy (non-hydrogen) atoms. The number of nitrogens with one attached hydrogen (secondary N) is 1. The van der Waals surface area contributed by atoms with Gasteiger partial charge < -0.3 is 5.32 Å². The quantitative estimate of drug-likeness (QED) is 0.430. The Morgan fingerprint density at radius 2 is 1.97 bits per heavy atom. The second kappa shape index (κ2) is 8.24. The molecule has 0 radical (unpaired) electrons. The number of carbonyl (C=O) groups is 1. The predicted octanol–water partition coefficient (Wildman–Crippen LogP) is 4.51. The zero-order valence-electron chi connectivity index (χ0n) is 17.1. The molecule has 0 aliphatic rings. The molecule has 4 aromatic heterocycles. The second-order valence-corrected chi connectivity index (χ2v) is 7.62. The van der Waals surface area contributed by atoms with Crippen LogP contribution >= 0.6 is 11.6 Å². The van der Waals surface area contributed by atoms with Crippen LogP contribution in [0.1, 0.15) is 10.4 Å². The van der Waals surface area contributed by atoms with E-state index in [-0.39, 0.29) is 12.3 Å². The van der Waals surface area contributed by atoms with Gasteiger partial charge in [-0.3, -0.25) is 14.0 Å². The summed E-state index contributed by atoms with van der Waals surface area (Å²) in [5, 5.41) is 8.69. The lowest BCUT2D eigenvalue weighted by atomic mass is 10.1. The van der Waals surface area contributed by atoms with Gasteiger partial charge >= 0.3 is 0 Å². The van der Waals surface area contributed by atoms with E-state index in [0.29, 0.717) is 22.3 Å². The molecule has 0 aliphatic heterocycles. The van der Waals surface area contributed by atoms with Crippen molar-refractivity contribution in [3.63, 3.8) is 0 Å². The van der Waals surface area contributed by atoms with E-state index in [0.717, 1.165) is 22.3 Å². The highest BCUT2D eigenvalue weighted by molar-refractivity contribution is 6.31. The molecule has 0 atom stereocenters. The van der Waals surface area contributed by atoms with Crippen LogP contribution in [0.15, 0.2) is 73.3 Å². The Morgan fingerprint density at radius 1 is 1.09 bits per heavy atom. The summed E-state index contributed by atoms with van der Waals surface area (Å²) in [5.41, 5.74) is 2.92. The first-order valence-electron chi connectivity index (χ1n) is 9.90. The van der Waals surface area contributed by atoms with Crippen LogP contribution in [0.5, 0.6) is 0 Å². The number of anilines is 2. The van der Waals surface area contributed by atoms with Crippen molar-refractivity contribution in [2.45, 2.75) is 6.42 Å². The Balaban J connectivity index is 1.42.